The zero-order chi connectivity index (χ0) is 8.10. The zero-order valence-corrected chi connectivity index (χ0v) is 7.34. The second kappa shape index (κ2) is 4.38. The van der Waals surface area contributed by atoms with Gasteiger partial charge in [0.25, 0.3) is 0 Å². The van der Waals surface area contributed by atoms with Crippen molar-refractivity contribution in [3.05, 3.63) is 11.1 Å². The molecule has 1 rings (SSSR count). The summed E-state index contributed by atoms with van der Waals surface area (Å²) in [6, 6.07) is 0. The summed E-state index contributed by atoms with van der Waals surface area (Å²) in [5.41, 5.74) is 6.40. The van der Waals surface area contributed by atoms with Crippen LogP contribution in [0.5, 0.6) is 0 Å². The Kier molecular flexibility index (Phi) is 3.41. The molecule has 11 heavy (non-hydrogen) atoms. The fourth-order valence-electron chi connectivity index (χ4n) is 0.829. The summed E-state index contributed by atoms with van der Waals surface area (Å²) in [7, 11) is 2.02. The van der Waals surface area contributed by atoms with Gasteiger partial charge >= 0.3 is 0 Å². The summed E-state index contributed by atoms with van der Waals surface area (Å²) in [5, 5.41) is 5.88. The Labute approximate surface area is 70.2 Å². The number of hydrogen-bond acceptors (Lipinski definition) is 5. The SMILES string of the molecule is CN(CCN)Cc1csnn1. The van der Waals surface area contributed by atoms with E-state index in [0.717, 1.165) is 18.8 Å². The van der Waals surface area contributed by atoms with Gasteiger partial charge in [-0.25, -0.2) is 0 Å². The fourth-order valence-corrected chi connectivity index (χ4v) is 1.27. The molecule has 0 fully saturated rings. The molecule has 0 aliphatic heterocycles. The molecule has 62 valence electrons. The van der Waals surface area contributed by atoms with Crippen molar-refractivity contribution < 1.29 is 0 Å². The molecule has 0 aliphatic rings. The van der Waals surface area contributed by atoms with Crippen molar-refractivity contribution in [2.75, 3.05) is 20.1 Å². The van der Waals surface area contributed by atoms with Gasteiger partial charge in [0.1, 0.15) is 0 Å². The average molecular weight is 172 g/mol. The maximum Gasteiger partial charge on any atom is 0.0895 e. The van der Waals surface area contributed by atoms with E-state index in [1.165, 1.54) is 11.5 Å². The topological polar surface area (TPSA) is 55.0 Å². The van der Waals surface area contributed by atoms with E-state index in [0.29, 0.717) is 6.54 Å². The molecular weight excluding hydrogens is 160 g/mol. The second-order valence-electron chi connectivity index (χ2n) is 2.42. The Bertz CT molecular complexity index is 186. The Morgan fingerprint density at radius 2 is 2.55 bits per heavy atom. The van der Waals surface area contributed by atoms with Crippen LogP contribution in [-0.4, -0.2) is 34.6 Å². The molecule has 0 aliphatic carbocycles. The molecule has 2 N–H and O–H groups in total. The molecule has 0 spiro atoms. The lowest BCUT2D eigenvalue weighted by Gasteiger charge is -2.12. The number of nitrogens with two attached hydrogens (primary N) is 1. The lowest BCUT2D eigenvalue weighted by Crippen LogP contribution is -2.25. The molecule has 5 heteroatoms. The van der Waals surface area contributed by atoms with Gasteiger partial charge in [-0.1, -0.05) is 4.49 Å². The molecule has 0 saturated heterocycles. The van der Waals surface area contributed by atoms with Crippen molar-refractivity contribution in [3.63, 3.8) is 0 Å². The predicted octanol–water partition coefficient (Wildman–Crippen LogP) is -0.0714. The van der Waals surface area contributed by atoms with Crippen molar-refractivity contribution >= 4 is 11.5 Å². The maximum absolute atomic E-state index is 5.38. The van der Waals surface area contributed by atoms with E-state index in [-0.39, 0.29) is 0 Å². The molecule has 1 heterocycles. The highest BCUT2D eigenvalue weighted by molar-refractivity contribution is 7.03. The van der Waals surface area contributed by atoms with Gasteiger partial charge in [0.15, 0.2) is 0 Å². The number of hydrogen-bond donors (Lipinski definition) is 1. The van der Waals surface area contributed by atoms with E-state index in [4.69, 9.17) is 5.73 Å². The van der Waals surface area contributed by atoms with Gasteiger partial charge in [-0.2, -0.15) is 0 Å². The molecule has 0 atom stereocenters. The first kappa shape index (κ1) is 8.58. The summed E-state index contributed by atoms with van der Waals surface area (Å²) in [6.45, 7) is 2.43. The molecule has 0 bridgehead atoms. The highest BCUT2D eigenvalue weighted by Gasteiger charge is 2.00. The van der Waals surface area contributed by atoms with Crippen LogP contribution in [0, 0.1) is 0 Å². The molecule has 4 nitrogen and oxygen atoms in total. The van der Waals surface area contributed by atoms with Crippen LogP contribution in [0.4, 0.5) is 0 Å². The summed E-state index contributed by atoms with van der Waals surface area (Å²) < 4.78 is 3.77. The van der Waals surface area contributed by atoms with E-state index in [9.17, 15) is 0 Å². The molecule has 1 aromatic rings. The third-order valence-corrected chi connectivity index (χ3v) is 1.90. The Balaban J connectivity index is 2.31. The van der Waals surface area contributed by atoms with Crippen LogP contribution in [-0.2, 0) is 6.54 Å². The van der Waals surface area contributed by atoms with Crippen LogP contribution in [0.1, 0.15) is 5.69 Å². The smallest absolute Gasteiger partial charge is 0.0895 e. The highest BCUT2D eigenvalue weighted by atomic mass is 32.1. The monoisotopic (exact) mass is 172 g/mol. The number of nitrogens with zero attached hydrogens (tertiary/aromatic N) is 3. The van der Waals surface area contributed by atoms with Gasteiger partial charge in [0.05, 0.1) is 5.69 Å². The Hall–Kier alpha value is -0.520. The third-order valence-electron chi connectivity index (χ3n) is 1.35. The lowest BCUT2D eigenvalue weighted by atomic mass is 10.4. The number of aromatic nitrogens is 2. The van der Waals surface area contributed by atoms with Crippen molar-refractivity contribution in [1.82, 2.24) is 14.5 Å². The van der Waals surface area contributed by atoms with E-state index in [1.807, 2.05) is 12.4 Å². The minimum Gasteiger partial charge on any atom is -0.329 e. The highest BCUT2D eigenvalue weighted by Crippen LogP contribution is 1.99. The van der Waals surface area contributed by atoms with Crippen molar-refractivity contribution in [2.45, 2.75) is 6.54 Å². The number of rotatable bonds is 4. The van der Waals surface area contributed by atoms with Crippen LogP contribution in [0.2, 0.25) is 0 Å². The van der Waals surface area contributed by atoms with Crippen molar-refractivity contribution in [2.24, 2.45) is 5.73 Å². The first-order valence-electron chi connectivity index (χ1n) is 3.47. The minimum atomic E-state index is 0.689. The van der Waals surface area contributed by atoms with Crippen LogP contribution in [0.15, 0.2) is 5.38 Å². The molecule has 0 unspecified atom stereocenters. The van der Waals surface area contributed by atoms with Gasteiger partial charge in [-0.3, -0.25) is 4.90 Å². The van der Waals surface area contributed by atoms with Crippen LogP contribution in [0.25, 0.3) is 0 Å². The lowest BCUT2D eigenvalue weighted by molar-refractivity contribution is 0.332. The first-order valence-corrected chi connectivity index (χ1v) is 4.31. The molecule has 1 aromatic heterocycles. The van der Waals surface area contributed by atoms with E-state index < -0.39 is 0 Å². The molecular formula is C6H12N4S. The van der Waals surface area contributed by atoms with Crippen molar-refractivity contribution in [1.29, 1.82) is 0 Å². The average Bonchev–Trinajstić information content (AvgIpc) is 2.40. The van der Waals surface area contributed by atoms with E-state index in [1.54, 1.807) is 0 Å². The molecule has 0 aromatic carbocycles. The van der Waals surface area contributed by atoms with Crippen LogP contribution in [0.3, 0.4) is 0 Å². The third kappa shape index (κ3) is 2.92. The van der Waals surface area contributed by atoms with Gasteiger partial charge < -0.3 is 5.73 Å². The summed E-state index contributed by atoms with van der Waals surface area (Å²) >= 11 is 1.38. The summed E-state index contributed by atoms with van der Waals surface area (Å²) in [4.78, 5) is 2.12. The van der Waals surface area contributed by atoms with Crippen LogP contribution < -0.4 is 5.73 Å². The Morgan fingerprint density at radius 1 is 1.73 bits per heavy atom. The second-order valence-corrected chi connectivity index (χ2v) is 3.03. The zero-order valence-electron chi connectivity index (χ0n) is 6.53. The standard InChI is InChI=1S/C6H12N4S/c1-10(3-2-7)4-6-5-11-9-8-6/h5H,2-4,7H2,1H3. The summed E-state index contributed by atoms with van der Waals surface area (Å²) in [5.74, 6) is 0. The first-order chi connectivity index (χ1) is 5.33. The maximum atomic E-state index is 5.38. The summed E-state index contributed by atoms with van der Waals surface area (Å²) in [6.07, 6.45) is 0. The normalized spacial score (nSPS) is 10.8. The van der Waals surface area contributed by atoms with Gasteiger partial charge in [-0.15, -0.1) is 5.10 Å². The Morgan fingerprint density at radius 3 is 3.09 bits per heavy atom. The molecule has 0 amide bonds. The predicted molar refractivity (Wildman–Crippen MR) is 45.3 cm³/mol. The van der Waals surface area contributed by atoms with E-state index in [2.05, 4.69) is 14.5 Å². The molecule has 0 radical (unpaired) electrons. The van der Waals surface area contributed by atoms with Gasteiger partial charge in [-0.05, 0) is 18.6 Å². The number of likely N-dealkylation sites (N-methyl/N-ethyl adjacent to an activating group) is 1. The largest absolute Gasteiger partial charge is 0.329 e. The van der Waals surface area contributed by atoms with E-state index >= 15 is 0 Å². The van der Waals surface area contributed by atoms with Gasteiger partial charge in [0, 0.05) is 25.0 Å². The fraction of sp³-hybridized carbons (Fsp3) is 0.667. The van der Waals surface area contributed by atoms with Gasteiger partial charge in [0.2, 0.25) is 0 Å². The van der Waals surface area contributed by atoms with Crippen molar-refractivity contribution in [3.8, 4) is 0 Å². The van der Waals surface area contributed by atoms with Crippen LogP contribution >= 0.6 is 11.5 Å². The quantitative estimate of drug-likeness (QED) is 0.690. The molecule has 0 saturated carbocycles. The minimum absolute atomic E-state index is 0.689.